The van der Waals surface area contributed by atoms with E-state index in [1.807, 2.05) is 27.2 Å². The SMILES string of the molecule is CCCCCCC/C=C\CCCCCCCC(=O)NC(COP(=O)(O)OCC[N+](C)(C)C)C(O)/C=C/CC/C=C/CCCCCCCCCCCC. The van der Waals surface area contributed by atoms with E-state index < -0.39 is 20.0 Å². The van der Waals surface area contributed by atoms with Gasteiger partial charge in [0.15, 0.2) is 0 Å². The van der Waals surface area contributed by atoms with Crippen molar-refractivity contribution in [2.45, 2.75) is 193 Å². The van der Waals surface area contributed by atoms with Crippen LogP contribution < -0.4 is 5.32 Å². The molecule has 0 aromatic carbocycles. The lowest BCUT2D eigenvalue weighted by Crippen LogP contribution is -2.45. The average Bonchev–Trinajstić information content (AvgIpc) is 3.09. The molecule has 0 aromatic heterocycles. The molecule has 0 aromatic rings. The number of unbranched alkanes of at least 4 members (excludes halogenated alkanes) is 21. The number of nitrogens with one attached hydrogen (secondary N) is 1. The molecule has 0 spiro atoms. The van der Waals surface area contributed by atoms with Gasteiger partial charge in [-0.3, -0.25) is 13.8 Å². The van der Waals surface area contributed by atoms with Crippen molar-refractivity contribution in [3.63, 3.8) is 0 Å². The van der Waals surface area contributed by atoms with Gasteiger partial charge < -0.3 is 19.8 Å². The van der Waals surface area contributed by atoms with Crippen LogP contribution in [0.4, 0.5) is 0 Å². The molecule has 0 aliphatic rings. The number of hydrogen-bond acceptors (Lipinski definition) is 5. The number of allylic oxidation sites excluding steroid dienone is 5. The molecule has 0 fully saturated rings. The van der Waals surface area contributed by atoms with E-state index in [0.29, 0.717) is 17.4 Å². The molecule has 8 nitrogen and oxygen atoms in total. The maximum atomic E-state index is 12.8. The average molecular weight is 756 g/mol. The number of aliphatic hydroxyl groups excluding tert-OH is 1. The lowest BCUT2D eigenvalue weighted by molar-refractivity contribution is -0.870. The van der Waals surface area contributed by atoms with E-state index in [1.165, 1.54) is 109 Å². The van der Waals surface area contributed by atoms with E-state index in [2.05, 4.69) is 43.5 Å². The topological polar surface area (TPSA) is 105 Å². The minimum absolute atomic E-state index is 0.0544. The largest absolute Gasteiger partial charge is 0.472 e. The van der Waals surface area contributed by atoms with E-state index in [1.54, 1.807) is 6.08 Å². The fraction of sp³-hybridized carbons (Fsp3) is 0.837. The highest BCUT2D eigenvalue weighted by Crippen LogP contribution is 2.43. The molecule has 0 radical (unpaired) electrons. The first-order valence-corrected chi connectivity index (χ1v) is 22.9. The van der Waals surface area contributed by atoms with Gasteiger partial charge >= 0.3 is 7.82 Å². The summed E-state index contributed by atoms with van der Waals surface area (Å²) in [6, 6.07) is -0.864. The van der Waals surface area contributed by atoms with Gasteiger partial charge in [0.2, 0.25) is 5.91 Å². The second-order valence-electron chi connectivity index (χ2n) is 15.7. The van der Waals surface area contributed by atoms with Gasteiger partial charge in [0.05, 0.1) is 39.9 Å². The monoisotopic (exact) mass is 756 g/mol. The summed E-state index contributed by atoms with van der Waals surface area (Å²) in [6.07, 6.45) is 42.1. The molecule has 52 heavy (non-hydrogen) atoms. The van der Waals surface area contributed by atoms with Crippen LogP contribution in [-0.2, 0) is 18.4 Å². The van der Waals surface area contributed by atoms with Gasteiger partial charge in [-0.25, -0.2) is 4.57 Å². The van der Waals surface area contributed by atoms with Crippen molar-refractivity contribution < 1.29 is 32.9 Å². The molecular formula is C43H84N2O6P+. The number of hydrogen-bond donors (Lipinski definition) is 3. The third-order valence-electron chi connectivity index (χ3n) is 9.33. The van der Waals surface area contributed by atoms with E-state index in [-0.39, 0.29) is 19.1 Å². The molecule has 3 unspecified atom stereocenters. The van der Waals surface area contributed by atoms with Crippen molar-refractivity contribution in [3.8, 4) is 0 Å². The summed E-state index contributed by atoms with van der Waals surface area (Å²) in [6.45, 7) is 4.76. The van der Waals surface area contributed by atoms with Crippen LogP contribution in [0.15, 0.2) is 36.5 Å². The standard InChI is InChI=1S/C43H83N2O6P/c1-6-8-10-12-14-16-18-20-22-23-24-26-28-30-32-34-36-42(46)41(40-51-52(48,49)50-39-38-45(3,4)5)44-43(47)37-35-33-31-29-27-25-21-19-17-15-13-11-9-7-2/h19,21,26,28,34,36,41-42,46H,6-18,20,22-25,27,29-33,35,37-40H2,1-5H3,(H-,44,47,48,49)/p+1/b21-19-,28-26+,36-34+. The number of quaternary nitrogens is 1. The maximum Gasteiger partial charge on any atom is 0.472 e. The summed E-state index contributed by atoms with van der Waals surface area (Å²) in [7, 11) is 1.55. The first-order valence-electron chi connectivity index (χ1n) is 21.4. The summed E-state index contributed by atoms with van der Waals surface area (Å²) >= 11 is 0. The smallest absolute Gasteiger partial charge is 0.387 e. The summed E-state index contributed by atoms with van der Waals surface area (Å²) in [5, 5.41) is 13.8. The number of phosphoric ester groups is 1. The van der Waals surface area contributed by atoms with Gasteiger partial charge in [-0.05, 0) is 57.8 Å². The zero-order valence-electron chi connectivity index (χ0n) is 34.5. The molecule has 306 valence electrons. The molecule has 3 N–H and O–H groups in total. The van der Waals surface area contributed by atoms with Crippen molar-refractivity contribution in [1.82, 2.24) is 5.32 Å². The molecule has 0 heterocycles. The first kappa shape index (κ1) is 50.7. The molecule has 0 bridgehead atoms. The van der Waals surface area contributed by atoms with Crippen molar-refractivity contribution >= 4 is 13.7 Å². The summed E-state index contributed by atoms with van der Waals surface area (Å²) in [5.74, 6) is -0.198. The van der Waals surface area contributed by atoms with Crippen LogP contribution in [0.25, 0.3) is 0 Å². The van der Waals surface area contributed by atoms with Gasteiger partial charge in [0.25, 0.3) is 0 Å². The van der Waals surface area contributed by atoms with Crippen molar-refractivity contribution in [3.05, 3.63) is 36.5 Å². The quantitative estimate of drug-likeness (QED) is 0.0251. The lowest BCUT2D eigenvalue weighted by Gasteiger charge is -2.25. The maximum absolute atomic E-state index is 12.8. The van der Waals surface area contributed by atoms with Crippen LogP contribution in [0.3, 0.4) is 0 Å². The number of carbonyl (C=O) groups is 1. The van der Waals surface area contributed by atoms with Gasteiger partial charge in [0.1, 0.15) is 13.2 Å². The highest BCUT2D eigenvalue weighted by molar-refractivity contribution is 7.47. The van der Waals surface area contributed by atoms with Crippen LogP contribution in [0.2, 0.25) is 0 Å². The van der Waals surface area contributed by atoms with E-state index in [4.69, 9.17) is 9.05 Å². The van der Waals surface area contributed by atoms with E-state index >= 15 is 0 Å². The Balaban J connectivity index is 4.53. The third-order valence-corrected chi connectivity index (χ3v) is 10.3. The van der Waals surface area contributed by atoms with Gasteiger partial charge in [0, 0.05) is 6.42 Å². The molecule has 3 atom stereocenters. The number of rotatable bonds is 38. The first-order chi connectivity index (χ1) is 25.0. The fourth-order valence-electron chi connectivity index (χ4n) is 5.87. The van der Waals surface area contributed by atoms with Gasteiger partial charge in [-0.1, -0.05) is 153 Å². The zero-order chi connectivity index (χ0) is 38.6. The van der Waals surface area contributed by atoms with Crippen LogP contribution >= 0.6 is 7.82 Å². The van der Waals surface area contributed by atoms with Crippen LogP contribution in [0.5, 0.6) is 0 Å². The second-order valence-corrected chi connectivity index (χ2v) is 17.2. The molecule has 0 aliphatic heterocycles. The molecule has 9 heteroatoms. The predicted molar refractivity (Wildman–Crippen MR) is 221 cm³/mol. The van der Waals surface area contributed by atoms with Crippen molar-refractivity contribution in [2.75, 3.05) is 40.9 Å². The van der Waals surface area contributed by atoms with Crippen molar-refractivity contribution in [1.29, 1.82) is 0 Å². The van der Waals surface area contributed by atoms with Crippen LogP contribution in [0, 0.1) is 0 Å². The Hall–Kier alpha value is -1.28. The number of aliphatic hydroxyl groups is 1. The molecule has 0 aliphatic carbocycles. The van der Waals surface area contributed by atoms with Crippen LogP contribution in [-0.4, -0.2) is 73.4 Å². The Morgan fingerprint density at radius 1 is 0.635 bits per heavy atom. The minimum atomic E-state index is -4.34. The Morgan fingerprint density at radius 2 is 1.06 bits per heavy atom. The Labute approximate surface area is 321 Å². The van der Waals surface area contributed by atoms with E-state index in [9.17, 15) is 19.4 Å². The van der Waals surface area contributed by atoms with E-state index in [0.717, 1.165) is 51.4 Å². The third kappa shape index (κ3) is 37.1. The zero-order valence-corrected chi connectivity index (χ0v) is 35.4. The molecular weight excluding hydrogens is 671 g/mol. The predicted octanol–water partition coefficient (Wildman–Crippen LogP) is 11.5. The Morgan fingerprint density at radius 3 is 1.54 bits per heavy atom. The second kappa shape index (κ2) is 35.4. The number of phosphoric acid groups is 1. The Bertz CT molecular complexity index is 948. The minimum Gasteiger partial charge on any atom is -0.387 e. The Kier molecular flexibility index (Phi) is 34.6. The number of nitrogens with zero attached hydrogens (tertiary/aromatic N) is 1. The molecule has 0 rings (SSSR count). The van der Waals surface area contributed by atoms with Crippen molar-refractivity contribution in [2.24, 2.45) is 0 Å². The number of carbonyl (C=O) groups excluding carboxylic acids is 1. The highest BCUT2D eigenvalue weighted by Gasteiger charge is 2.27. The highest BCUT2D eigenvalue weighted by atomic mass is 31.2. The summed E-state index contributed by atoms with van der Waals surface area (Å²) in [5.41, 5.74) is 0. The van der Waals surface area contributed by atoms with Gasteiger partial charge in [-0.2, -0.15) is 0 Å². The lowest BCUT2D eigenvalue weighted by atomic mass is 10.1. The molecule has 0 saturated heterocycles. The molecule has 0 saturated carbocycles. The number of amides is 1. The molecule has 1 amide bonds. The summed E-state index contributed by atoms with van der Waals surface area (Å²) in [4.78, 5) is 23.0. The van der Waals surface area contributed by atoms with Crippen LogP contribution in [0.1, 0.15) is 181 Å². The summed E-state index contributed by atoms with van der Waals surface area (Å²) < 4.78 is 23.5. The fourth-order valence-corrected chi connectivity index (χ4v) is 6.61. The van der Waals surface area contributed by atoms with Gasteiger partial charge in [-0.15, -0.1) is 0 Å². The number of likely N-dealkylation sites (N-methyl/N-ethyl adjacent to an activating group) is 1. The normalized spacial score (nSPS) is 14.8.